The van der Waals surface area contributed by atoms with Crippen molar-refractivity contribution in [2.75, 3.05) is 18.5 Å². The lowest BCUT2D eigenvalue weighted by atomic mass is 9.97. The summed E-state index contributed by atoms with van der Waals surface area (Å²) >= 11 is 1.12. The van der Waals surface area contributed by atoms with Crippen LogP contribution in [0.1, 0.15) is 64.3 Å². The summed E-state index contributed by atoms with van der Waals surface area (Å²) < 4.78 is 14.3. The quantitative estimate of drug-likeness (QED) is 0.327. The lowest BCUT2D eigenvalue weighted by Gasteiger charge is -2.13. The highest BCUT2D eigenvalue weighted by Gasteiger charge is 2.28. The van der Waals surface area contributed by atoms with Crippen LogP contribution in [0.25, 0.3) is 0 Å². The molecule has 0 radical (unpaired) electrons. The van der Waals surface area contributed by atoms with Crippen molar-refractivity contribution < 1.29 is 23.9 Å². The minimum Gasteiger partial charge on any atom is -0.396 e. The number of hydroxylamine groups is 1. The normalized spacial score (nSPS) is 11.0. The summed E-state index contributed by atoms with van der Waals surface area (Å²) in [6.07, 6.45) is 0.374. The van der Waals surface area contributed by atoms with Crippen molar-refractivity contribution in [3.05, 3.63) is 45.6 Å². The number of ketones is 1. The van der Waals surface area contributed by atoms with Crippen LogP contribution in [0.5, 0.6) is 0 Å². The zero-order valence-electron chi connectivity index (χ0n) is 16.4. The lowest BCUT2D eigenvalue weighted by Crippen LogP contribution is -2.26. The van der Waals surface area contributed by atoms with Crippen molar-refractivity contribution in [3.8, 4) is 0 Å². The van der Waals surface area contributed by atoms with Crippen LogP contribution in [-0.4, -0.2) is 30.0 Å². The van der Waals surface area contributed by atoms with Gasteiger partial charge in [-0.2, -0.15) is 0 Å². The number of halogens is 1. The number of anilines is 2. The topological polar surface area (TPSA) is 87.7 Å². The number of carbonyl (C=O) groups excluding carboxylic acids is 2. The summed E-state index contributed by atoms with van der Waals surface area (Å²) in [5.74, 6) is -1.25. The van der Waals surface area contributed by atoms with E-state index in [-0.39, 0.29) is 36.2 Å². The Morgan fingerprint density at radius 1 is 1.32 bits per heavy atom. The fourth-order valence-corrected chi connectivity index (χ4v) is 3.98. The van der Waals surface area contributed by atoms with E-state index in [1.807, 2.05) is 13.8 Å². The molecule has 0 saturated carbocycles. The maximum absolute atomic E-state index is 14.3. The number of aliphatic hydroxyl groups is 1. The summed E-state index contributed by atoms with van der Waals surface area (Å²) in [6.45, 7) is 7.08. The van der Waals surface area contributed by atoms with Gasteiger partial charge in [-0.05, 0) is 49.4 Å². The summed E-state index contributed by atoms with van der Waals surface area (Å²) in [4.78, 5) is 30.5. The number of aliphatic hydroxyl groups excluding tert-OH is 1. The Hall–Kier alpha value is -2.29. The van der Waals surface area contributed by atoms with Gasteiger partial charge in [-0.25, -0.2) is 9.87 Å². The zero-order valence-corrected chi connectivity index (χ0v) is 17.2. The molecule has 0 bridgehead atoms. The number of benzene rings is 1. The van der Waals surface area contributed by atoms with Crippen molar-refractivity contribution in [3.63, 3.8) is 0 Å². The molecule has 2 rings (SSSR count). The molecule has 28 heavy (non-hydrogen) atoms. The van der Waals surface area contributed by atoms with E-state index in [1.54, 1.807) is 19.1 Å². The third-order valence-electron chi connectivity index (χ3n) is 4.01. The van der Waals surface area contributed by atoms with E-state index in [0.29, 0.717) is 21.9 Å². The van der Waals surface area contributed by atoms with Crippen LogP contribution in [0.4, 0.5) is 15.1 Å². The predicted molar refractivity (Wildman–Crippen MR) is 108 cm³/mol. The molecule has 0 aliphatic heterocycles. The second kappa shape index (κ2) is 9.77. The van der Waals surface area contributed by atoms with Crippen LogP contribution in [0, 0.1) is 12.7 Å². The SMILES string of the molecule is CC(=O)c1sc(Nc2ccc(C)cc2F)c(C(=O)NOCCCO)c1C(C)C. The average Bonchev–Trinajstić information content (AvgIpc) is 3.01. The van der Waals surface area contributed by atoms with E-state index in [0.717, 1.165) is 16.9 Å². The molecule has 0 saturated heterocycles. The van der Waals surface area contributed by atoms with Gasteiger partial charge in [-0.1, -0.05) is 19.9 Å². The minimum atomic E-state index is -0.527. The number of aryl methyl sites for hydroxylation is 1. The Morgan fingerprint density at radius 3 is 2.61 bits per heavy atom. The van der Waals surface area contributed by atoms with E-state index in [1.165, 1.54) is 13.0 Å². The number of nitrogens with one attached hydrogen (secondary N) is 2. The fourth-order valence-electron chi connectivity index (χ4n) is 2.72. The van der Waals surface area contributed by atoms with Crippen molar-refractivity contribution in [2.24, 2.45) is 0 Å². The third kappa shape index (κ3) is 5.15. The largest absolute Gasteiger partial charge is 0.396 e. The van der Waals surface area contributed by atoms with Gasteiger partial charge in [0.05, 0.1) is 22.7 Å². The second-order valence-corrected chi connectivity index (χ2v) is 7.75. The Bertz CT molecular complexity index is 864. The highest BCUT2D eigenvalue weighted by Crippen LogP contribution is 2.40. The first-order chi connectivity index (χ1) is 13.3. The van der Waals surface area contributed by atoms with E-state index >= 15 is 0 Å². The molecule has 1 aromatic carbocycles. The molecule has 0 spiro atoms. The maximum Gasteiger partial charge on any atom is 0.278 e. The first-order valence-corrected chi connectivity index (χ1v) is 9.81. The van der Waals surface area contributed by atoms with Gasteiger partial charge in [0, 0.05) is 6.61 Å². The van der Waals surface area contributed by atoms with Gasteiger partial charge >= 0.3 is 0 Å². The molecule has 1 amide bonds. The maximum atomic E-state index is 14.3. The van der Waals surface area contributed by atoms with Gasteiger partial charge in [0.25, 0.3) is 5.91 Å². The van der Waals surface area contributed by atoms with E-state index in [9.17, 15) is 14.0 Å². The van der Waals surface area contributed by atoms with Crippen LogP contribution >= 0.6 is 11.3 Å². The highest BCUT2D eigenvalue weighted by molar-refractivity contribution is 7.18. The lowest BCUT2D eigenvalue weighted by molar-refractivity contribution is 0.0262. The summed E-state index contributed by atoms with van der Waals surface area (Å²) in [6, 6.07) is 4.74. The van der Waals surface area contributed by atoms with Gasteiger partial charge in [-0.15, -0.1) is 11.3 Å². The van der Waals surface area contributed by atoms with Crippen LogP contribution < -0.4 is 10.8 Å². The Kier molecular flexibility index (Phi) is 7.68. The molecule has 0 aliphatic carbocycles. The van der Waals surface area contributed by atoms with E-state index < -0.39 is 11.7 Å². The molecule has 1 aromatic heterocycles. The molecule has 2 aromatic rings. The van der Waals surface area contributed by atoms with Gasteiger partial charge in [0.1, 0.15) is 10.8 Å². The number of amides is 1. The van der Waals surface area contributed by atoms with Crippen molar-refractivity contribution in [1.29, 1.82) is 0 Å². The number of rotatable bonds is 9. The molecule has 8 heteroatoms. The van der Waals surface area contributed by atoms with Crippen LogP contribution in [0.15, 0.2) is 18.2 Å². The zero-order chi connectivity index (χ0) is 20.8. The van der Waals surface area contributed by atoms with Crippen LogP contribution in [0.3, 0.4) is 0 Å². The molecular formula is C20H25FN2O4S. The molecule has 0 unspecified atom stereocenters. The van der Waals surface area contributed by atoms with E-state index in [4.69, 9.17) is 9.94 Å². The molecule has 6 nitrogen and oxygen atoms in total. The van der Waals surface area contributed by atoms with Crippen molar-refractivity contribution >= 4 is 33.7 Å². The monoisotopic (exact) mass is 408 g/mol. The Labute approximate surface area is 167 Å². The average molecular weight is 408 g/mol. The molecule has 0 atom stereocenters. The molecule has 152 valence electrons. The van der Waals surface area contributed by atoms with Crippen LogP contribution in [-0.2, 0) is 4.84 Å². The number of carbonyl (C=O) groups is 2. The minimum absolute atomic E-state index is 0.0560. The van der Waals surface area contributed by atoms with Gasteiger partial charge < -0.3 is 10.4 Å². The van der Waals surface area contributed by atoms with Crippen molar-refractivity contribution in [1.82, 2.24) is 5.48 Å². The van der Waals surface area contributed by atoms with E-state index in [2.05, 4.69) is 10.8 Å². The summed E-state index contributed by atoms with van der Waals surface area (Å²) in [5, 5.41) is 12.1. The first kappa shape index (κ1) is 22.0. The number of hydrogen-bond acceptors (Lipinski definition) is 6. The van der Waals surface area contributed by atoms with Gasteiger partial charge in [0.15, 0.2) is 5.78 Å². The smallest absolute Gasteiger partial charge is 0.278 e. The third-order valence-corrected chi connectivity index (χ3v) is 5.23. The molecule has 0 aliphatic rings. The Morgan fingerprint density at radius 2 is 2.04 bits per heavy atom. The molecular weight excluding hydrogens is 383 g/mol. The number of hydrogen-bond donors (Lipinski definition) is 3. The second-order valence-electron chi connectivity index (χ2n) is 6.72. The van der Waals surface area contributed by atoms with Gasteiger partial charge in [-0.3, -0.25) is 14.4 Å². The molecule has 0 fully saturated rings. The molecule has 1 heterocycles. The van der Waals surface area contributed by atoms with Gasteiger partial charge in [0.2, 0.25) is 0 Å². The summed E-state index contributed by atoms with van der Waals surface area (Å²) in [7, 11) is 0. The first-order valence-electron chi connectivity index (χ1n) is 9.00. The fraction of sp³-hybridized carbons (Fsp3) is 0.400. The highest BCUT2D eigenvalue weighted by atomic mass is 32.1. The molecule has 3 N–H and O–H groups in total. The number of Topliss-reactive ketones (excluding diaryl/α,β-unsaturated/α-hetero) is 1. The Balaban J connectivity index is 2.46. The summed E-state index contributed by atoms with van der Waals surface area (Å²) in [5.41, 5.74) is 4.18. The van der Waals surface area contributed by atoms with Crippen LogP contribution in [0.2, 0.25) is 0 Å². The number of thiophene rings is 1. The standard InChI is InChI=1S/C20H25FN2O4S/c1-11(2)16-17(19(26)23-27-9-5-8-24)20(28-18(16)13(4)25)22-15-7-6-12(3)10-14(15)21/h6-7,10-11,22,24H,5,8-9H2,1-4H3,(H,23,26). The predicted octanol–water partition coefficient (Wildman–Crippen LogP) is 4.31. The van der Waals surface area contributed by atoms with Crippen molar-refractivity contribution in [2.45, 2.75) is 40.0 Å².